The summed E-state index contributed by atoms with van der Waals surface area (Å²) in [7, 11) is 0. The number of anilines is 1. The summed E-state index contributed by atoms with van der Waals surface area (Å²) in [4.78, 5) is 22.8. The highest BCUT2D eigenvalue weighted by Gasteiger charge is 2.35. The standard InChI is InChI=1S/C15H18ClNO5/c1-15(5-2-6-21-9-15)14(20)17-10-3-4-12(11(16)7-10)22-8-13(18)19/h3-4,7H,2,5-6,8-9H2,1H3,(H,17,20)(H,18,19)/t15-/m1/s1. The fraction of sp³-hybridized carbons (Fsp3) is 0.467. The van der Waals surface area contributed by atoms with Crippen molar-refractivity contribution in [1.82, 2.24) is 0 Å². The SMILES string of the molecule is C[C@@]1(C(=O)Nc2ccc(OCC(=O)O)c(Cl)c2)CCCOC1. The molecule has 120 valence electrons. The van der Waals surface area contributed by atoms with E-state index in [-0.39, 0.29) is 16.7 Å². The van der Waals surface area contributed by atoms with Crippen LogP contribution in [0.1, 0.15) is 19.8 Å². The number of carbonyl (C=O) groups is 2. The van der Waals surface area contributed by atoms with Gasteiger partial charge in [-0.2, -0.15) is 0 Å². The van der Waals surface area contributed by atoms with Crippen LogP contribution in [0.2, 0.25) is 5.02 Å². The van der Waals surface area contributed by atoms with Crippen LogP contribution in [0, 0.1) is 5.41 Å². The molecular formula is C15H18ClNO5. The van der Waals surface area contributed by atoms with Gasteiger partial charge in [-0.25, -0.2) is 4.79 Å². The van der Waals surface area contributed by atoms with Gasteiger partial charge in [0.15, 0.2) is 6.61 Å². The average molecular weight is 328 g/mol. The van der Waals surface area contributed by atoms with Gasteiger partial charge in [-0.3, -0.25) is 4.79 Å². The number of ether oxygens (including phenoxy) is 2. The second-order valence-electron chi connectivity index (χ2n) is 5.50. The number of halogens is 1. The number of amides is 1. The molecule has 0 unspecified atom stereocenters. The molecule has 1 fully saturated rings. The molecule has 1 atom stereocenters. The molecule has 2 rings (SSSR count). The third-order valence-corrected chi connectivity index (χ3v) is 3.82. The summed E-state index contributed by atoms with van der Waals surface area (Å²) in [6, 6.07) is 4.68. The lowest BCUT2D eigenvalue weighted by atomic mass is 9.84. The minimum atomic E-state index is -1.08. The van der Waals surface area contributed by atoms with Gasteiger partial charge in [0.25, 0.3) is 0 Å². The van der Waals surface area contributed by atoms with Crippen molar-refractivity contribution in [3.8, 4) is 5.75 Å². The predicted molar refractivity (Wildman–Crippen MR) is 81.4 cm³/mol. The van der Waals surface area contributed by atoms with Crippen LogP contribution in [0.5, 0.6) is 5.75 Å². The van der Waals surface area contributed by atoms with Crippen molar-refractivity contribution in [1.29, 1.82) is 0 Å². The highest BCUT2D eigenvalue weighted by Crippen LogP contribution is 2.31. The normalized spacial score (nSPS) is 21.2. The Kier molecular flexibility index (Phi) is 5.26. The van der Waals surface area contributed by atoms with Gasteiger partial charge in [0.05, 0.1) is 17.0 Å². The Balaban J connectivity index is 2.02. The number of hydrogen-bond acceptors (Lipinski definition) is 4. The molecule has 7 heteroatoms. The van der Waals surface area contributed by atoms with Gasteiger partial charge in [-0.15, -0.1) is 0 Å². The molecule has 0 saturated carbocycles. The summed E-state index contributed by atoms with van der Waals surface area (Å²) in [5.74, 6) is -0.949. The molecule has 1 aromatic carbocycles. The van der Waals surface area contributed by atoms with Crippen LogP contribution >= 0.6 is 11.6 Å². The molecule has 0 radical (unpaired) electrons. The molecule has 0 bridgehead atoms. The highest BCUT2D eigenvalue weighted by molar-refractivity contribution is 6.32. The summed E-state index contributed by atoms with van der Waals surface area (Å²) >= 11 is 6.02. The summed E-state index contributed by atoms with van der Waals surface area (Å²) in [6.45, 7) is 2.48. The van der Waals surface area contributed by atoms with Crippen LogP contribution in [0.4, 0.5) is 5.69 Å². The molecular weight excluding hydrogens is 310 g/mol. The van der Waals surface area contributed by atoms with E-state index in [9.17, 15) is 9.59 Å². The minimum Gasteiger partial charge on any atom is -0.480 e. The minimum absolute atomic E-state index is 0.123. The first-order chi connectivity index (χ1) is 10.4. The van der Waals surface area contributed by atoms with E-state index in [1.807, 2.05) is 6.92 Å². The molecule has 1 aromatic rings. The maximum atomic E-state index is 12.4. The molecule has 0 aromatic heterocycles. The molecule has 22 heavy (non-hydrogen) atoms. The summed E-state index contributed by atoms with van der Waals surface area (Å²) in [5.41, 5.74) is -0.0205. The molecule has 0 aliphatic carbocycles. The zero-order valence-corrected chi connectivity index (χ0v) is 13.0. The Morgan fingerprint density at radius 2 is 2.27 bits per heavy atom. The topological polar surface area (TPSA) is 84.9 Å². The lowest BCUT2D eigenvalue weighted by Gasteiger charge is -2.31. The maximum Gasteiger partial charge on any atom is 0.341 e. The smallest absolute Gasteiger partial charge is 0.341 e. The van der Waals surface area contributed by atoms with Gasteiger partial charge < -0.3 is 19.9 Å². The van der Waals surface area contributed by atoms with Crippen molar-refractivity contribution >= 4 is 29.2 Å². The second-order valence-corrected chi connectivity index (χ2v) is 5.91. The molecule has 1 aliphatic rings. The van der Waals surface area contributed by atoms with E-state index in [4.69, 9.17) is 26.2 Å². The first-order valence-electron chi connectivity index (χ1n) is 6.94. The van der Waals surface area contributed by atoms with E-state index >= 15 is 0 Å². The van der Waals surface area contributed by atoms with Crippen LogP contribution in [0.15, 0.2) is 18.2 Å². The third kappa shape index (κ3) is 4.11. The third-order valence-electron chi connectivity index (χ3n) is 3.53. The monoisotopic (exact) mass is 327 g/mol. The number of hydrogen-bond donors (Lipinski definition) is 2. The quantitative estimate of drug-likeness (QED) is 0.868. The molecule has 1 amide bonds. The molecule has 1 aliphatic heterocycles. The van der Waals surface area contributed by atoms with Crippen molar-refractivity contribution < 1.29 is 24.2 Å². The molecule has 0 spiro atoms. The van der Waals surface area contributed by atoms with Crippen LogP contribution in [0.3, 0.4) is 0 Å². The largest absolute Gasteiger partial charge is 0.480 e. The number of rotatable bonds is 5. The van der Waals surface area contributed by atoms with Gasteiger partial charge in [-0.1, -0.05) is 11.6 Å². The van der Waals surface area contributed by atoms with E-state index in [2.05, 4.69) is 5.32 Å². The van der Waals surface area contributed by atoms with Gasteiger partial charge >= 0.3 is 5.97 Å². The van der Waals surface area contributed by atoms with Crippen LogP contribution < -0.4 is 10.1 Å². The second kappa shape index (κ2) is 6.98. The summed E-state index contributed by atoms with van der Waals surface area (Å²) in [5, 5.41) is 11.6. The van der Waals surface area contributed by atoms with Crippen LogP contribution in [0.25, 0.3) is 0 Å². The summed E-state index contributed by atoms with van der Waals surface area (Å²) in [6.07, 6.45) is 1.62. The number of carboxylic acid groups (broad SMARTS) is 1. The molecule has 1 saturated heterocycles. The van der Waals surface area contributed by atoms with Crippen molar-refractivity contribution in [2.45, 2.75) is 19.8 Å². The average Bonchev–Trinajstić information content (AvgIpc) is 2.47. The van der Waals surface area contributed by atoms with Crippen molar-refractivity contribution in [2.75, 3.05) is 25.1 Å². The maximum absolute atomic E-state index is 12.4. The summed E-state index contributed by atoms with van der Waals surface area (Å²) < 4.78 is 10.4. The van der Waals surface area contributed by atoms with E-state index in [0.29, 0.717) is 18.9 Å². The Labute approximate surface area is 133 Å². The van der Waals surface area contributed by atoms with Crippen LogP contribution in [-0.2, 0) is 14.3 Å². The van der Waals surface area contributed by atoms with E-state index in [1.54, 1.807) is 6.07 Å². The van der Waals surface area contributed by atoms with Gasteiger partial charge in [0.2, 0.25) is 5.91 Å². The first-order valence-corrected chi connectivity index (χ1v) is 7.32. The Hall–Kier alpha value is -1.79. The van der Waals surface area contributed by atoms with Gasteiger partial charge in [-0.05, 0) is 38.0 Å². The van der Waals surface area contributed by atoms with Crippen molar-refractivity contribution in [3.05, 3.63) is 23.2 Å². The lowest BCUT2D eigenvalue weighted by molar-refractivity contribution is -0.139. The fourth-order valence-electron chi connectivity index (χ4n) is 2.23. The first kappa shape index (κ1) is 16.6. The van der Waals surface area contributed by atoms with Crippen molar-refractivity contribution in [2.24, 2.45) is 5.41 Å². The molecule has 1 heterocycles. The van der Waals surface area contributed by atoms with Crippen molar-refractivity contribution in [3.63, 3.8) is 0 Å². The number of benzene rings is 1. The number of carboxylic acids is 1. The predicted octanol–water partition coefficient (Wildman–Crippen LogP) is 2.56. The lowest BCUT2D eigenvalue weighted by Crippen LogP contribution is -2.40. The highest BCUT2D eigenvalue weighted by atomic mass is 35.5. The zero-order valence-electron chi connectivity index (χ0n) is 12.2. The Bertz CT molecular complexity index is 569. The van der Waals surface area contributed by atoms with E-state index < -0.39 is 18.0 Å². The van der Waals surface area contributed by atoms with Gasteiger partial charge in [0.1, 0.15) is 5.75 Å². The Morgan fingerprint density at radius 1 is 1.50 bits per heavy atom. The molecule has 2 N–H and O–H groups in total. The fourth-order valence-corrected chi connectivity index (χ4v) is 2.47. The zero-order chi connectivity index (χ0) is 16.2. The van der Waals surface area contributed by atoms with E-state index in [1.165, 1.54) is 12.1 Å². The van der Waals surface area contributed by atoms with Crippen LogP contribution in [-0.4, -0.2) is 36.8 Å². The Morgan fingerprint density at radius 3 is 2.86 bits per heavy atom. The van der Waals surface area contributed by atoms with E-state index in [0.717, 1.165) is 12.8 Å². The van der Waals surface area contributed by atoms with Gasteiger partial charge in [0, 0.05) is 12.3 Å². The number of nitrogens with one attached hydrogen (secondary N) is 1. The molecule has 6 nitrogen and oxygen atoms in total. The number of carbonyl (C=O) groups excluding carboxylic acids is 1. The number of aliphatic carboxylic acids is 1.